The summed E-state index contributed by atoms with van der Waals surface area (Å²) < 4.78 is 0. The first-order valence-corrected chi connectivity index (χ1v) is 6.77. The number of anilines is 1. The maximum atomic E-state index is 12.2. The average molecular weight is 269 g/mol. The second-order valence-electron chi connectivity index (χ2n) is 4.53. The van der Waals surface area contributed by atoms with Crippen LogP contribution >= 0.6 is 0 Å². The van der Waals surface area contributed by atoms with Gasteiger partial charge in [0.25, 0.3) is 5.91 Å². The third-order valence-electron chi connectivity index (χ3n) is 3.27. The van der Waals surface area contributed by atoms with Crippen LogP contribution in [-0.2, 0) is 0 Å². The van der Waals surface area contributed by atoms with Gasteiger partial charge in [-0.2, -0.15) is 0 Å². The number of hydrogen-bond acceptors (Lipinski definition) is 3. The standard InChI is InChI=1S/C16H19N3O/c1-3-19(4-2)16(20)13-7-10-15(18-11-13)12-5-8-14(17)9-6-12/h5-11H,3-4,17H2,1-2H3. The number of nitrogen functional groups attached to an aromatic ring is 1. The van der Waals surface area contributed by atoms with Crippen LogP contribution in [0.3, 0.4) is 0 Å². The van der Waals surface area contributed by atoms with Gasteiger partial charge in [-0.3, -0.25) is 9.78 Å². The highest BCUT2D eigenvalue weighted by molar-refractivity contribution is 5.94. The lowest BCUT2D eigenvalue weighted by Crippen LogP contribution is -2.30. The van der Waals surface area contributed by atoms with Crippen LogP contribution in [-0.4, -0.2) is 28.9 Å². The zero-order chi connectivity index (χ0) is 14.5. The molecule has 1 heterocycles. The molecule has 104 valence electrons. The van der Waals surface area contributed by atoms with Gasteiger partial charge in [0.2, 0.25) is 0 Å². The molecule has 1 aromatic heterocycles. The number of hydrogen-bond donors (Lipinski definition) is 1. The number of benzene rings is 1. The number of pyridine rings is 1. The van der Waals surface area contributed by atoms with Gasteiger partial charge in [0.05, 0.1) is 11.3 Å². The van der Waals surface area contributed by atoms with Crippen molar-refractivity contribution in [2.45, 2.75) is 13.8 Å². The lowest BCUT2D eigenvalue weighted by Gasteiger charge is -2.18. The molecular weight excluding hydrogens is 250 g/mol. The highest BCUT2D eigenvalue weighted by Gasteiger charge is 2.12. The van der Waals surface area contributed by atoms with E-state index in [2.05, 4.69) is 4.98 Å². The topological polar surface area (TPSA) is 59.2 Å². The Kier molecular flexibility index (Phi) is 4.35. The number of nitrogens with zero attached hydrogens (tertiary/aromatic N) is 2. The first kappa shape index (κ1) is 14.1. The van der Waals surface area contributed by atoms with E-state index in [-0.39, 0.29) is 5.91 Å². The Labute approximate surface area is 119 Å². The van der Waals surface area contributed by atoms with Crippen molar-refractivity contribution in [2.75, 3.05) is 18.8 Å². The molecule has 0 unspecified atom stereocenters. The Morgan fingerprint density at radius 3 is 2.25 bits per heavy atom. The van der Waals surface area contributed by atoms with Gasteiger partial charge in [-0.05, 0) is 38.1 Å². The Balaban J connectivity index is 2.22. The molecule has 0 fully saturated rings. The van der Waals surface area contributed by atoms with Gasteiger partial charge in [0.1, 0.15) is 0 Å². The van der Waals surface area contributed by atoms with E-state index in [4.69, 9.17) is 5.73 Å². The minimum atomic E-state index is 0.0198. The maximum absolute atomic E-state index is 12.2. The molecule has 0 aliphatic carbocycles. The number of nitrogens with two attached hydrogens (primary N) is 1. The SMILES string of the molecule is CCN(CC)C(=O)c1ccc(-c2ccc(N)cc2)nc1. The minimum Gasteiger partial charge on any atom is -0.399 e. The lowest BCUT2D eigenvalue weighted by molar-refractivity contribution is 0.0772. The molecule has 0 atom stereocenters. The van der Waals surface area contributed by atoms with Crippen molar-refractivity contribution < 1.29 is 4.79 Å². The molecule has 4 nitrogen and oxygen atoms in total. The Morgan fingerprint density at radius 1 is 1.10 bits per heavy atom. The van der Waals surface area contributed by atoms with Gasteiger partial charge in [0, 0.05) is 30.5 Å². The first-order valence-electron chi connectivity index (χ1n) is 6.77. The molecule has 0 bridgehead atoms. The molecule has 0 spiro atoms. The van der Waals surface area contributed by atoms with Crippen molar-refractivity contribution in [2.24, 2.45) is 0 Å². The summed E-state index contributed by atoms with van der Waals surface area (Å²) >= 11 is 0. The van der Waals surface area contributed by atoms with Crippen LogP contribution in [0.15, 0.2) is 42.6 Å². The second kappa shape index (κ2) is 6.19. The molecular formula is C16H19N3O. The van der Waals surface area contributed by atoms with Crippen LogP contribution < -0.4 is 5.73 Å². The summed E-state index contributed by atoms with van der Waals surface area (Å²) in [5, 5.41) is 0. The molecule has 2 aromatic rings. The van der Waals surface area contributed by atoms with Gasteiger partial charge in [0.15, 0.2) is 0 Å². The van der Waals surface area contributed by atoms with E-state index in [9.17, 15) is 4.79 Å². The van der Waals surface area contributed by atoms with Crippen LogP contribution in [0.4, 0.5) is 5.69 Å². The van der Waals surface area contributed by atoms with Crippen molar-refractivity contribution in [1.29, 1.82) is 0 Å². The molecule has 0 aliphatic rings. The third kappa shape index (κ3) is 2.96. The zero-order valence-electron chi connectivity index (χ0n) is 11.8. The Morgan fingerprint density at radius 2 is 1.75 bits per heavy atom. The molecule has 1 amide bonds. The van der Waals surface area contributed by atoms with Gasteiger partial charge >= 0.3 is 0 Å². The number of carbonyl (C=O) groups excluding carboxylic acids is 1. The summed E-state index contributed by atoms with van der Waals surface area (Å²) in [6, 6.07) is 11.2. The summed E-state index contributed by atoms with van der Waals surface area (Å²) in [5.41, 5.74) is 8.83. The van der Waals surface area contributed by atoms with Crippen LogP contribution in [0.2, 0.25) is 0 Å². The average Bonchev–Trinajstić information content (AvgIpc) is 2.49. The normalized spacial score (nSPS) is 10.3. The molecule has 2 N–H and O–H groups in total. The summed E-state index contributed by atoms with van der Waals surface area (Å²) in [4.78, 5) is 18.3. The summed E-state index contributed by atoms with van der Waals surface area (Å²) in [6.45, 7) is 5.35. The van der Waals surface area contributed by atoms with E-state index < -0.39 is 0 Å². The monoisotopic (exact) mass is 269 g/mol. The molecule has 2 rings (SSSR count). The fourth-order valence-electron chi connectivity index (χ4n) is 2.04. The van der Waals surface area contributed by atoms with Crippen LogP contribution in [0, 0.1) is 0 Å². The van der Waals surface area contributed by atoms with E-state index >= 15 is 0 Å². The van der Waals surface area contributed by atoms with Gasteiger partial charge in [-0.1, -0.05) is 12.1 Å². The van der Waals surface area contributed by atoms with Crippen LogP contribution in [0.25, 0.3) is 11.3 Å². The van der Waals surface area contributed by atoms with E-state index in [0.29, 0.717) is 18.7 Å². The predicted molar refractivity (Wildman–Crippen MR) is 81.3 cm³/mol. The molecule has 0 aliphatic heterocycles. The fraction of sp³-hybridized carbons (Fsp3) is 0.250. The van der Waals surface area contributed by atoms with Crippen molar-refractivity contribution >= 4 is 11.6 Å². The van der Waals surface area contributed by atoms with E-state index in [1.54, 1.807) is 11.1 Å². The fourth-order valence-corrected chi connectivity index (χ4v) is 2.04. The predicted octanol–water partition coefficient (Wildman–Crippen LogP) is 2.81. The first-order chi connectivity index (χ1) is 9.65. The lowest BCUT2D eigenvalue weighted by atomic mass is 10.1. The van der Waals surface area contributed by atoms with Gasteiger partial charge in [-0.15, -0.1) is 0 Å². The molecule has 20 heavy (non-hydrogen) atoms. The molecule has 0 radical (unpaired) electrons. The molecule has 4 heteroatoms. The largest absolute Gasteiger partial charge is 0.399 e. The number of carbonyl (C=O) groups is 1. The van der Waals surface area contributed by atoms with Crippen molar-refractivity contribution in [3.05, 3.63) is 48.2 Å². The minimum absolute atomic E-state index is 0.0198. The summed E-state index contributed by atoms with van der Waals surface area (Å²) in [6.07, 6.45) is 1.63. The van der Waals surface area contributed by atoms with E-state index in [0.717, 1.165) is 16.9 Å². The zero-order valence-corrected chi connectivity index (χ0v) is 11.8. The van der Waals surface area contributed by atoms with Gasteiger partial charge < -0.3 is 10.6 Å². The molecule has 1 aromatic carbocycles. The van der Waals surface area contributed by atoms with E-state index in [1.807, 2.05) is 50.2 Å². The summed E-state index contributed by atoms with van der Waals surface area (Å²) in [7, 11) is 0. The summed E-state index contributed by atoms with van der Waals surface area (Å²) in [5.74, 6) is 0.0198. The molecule has 0 saturated heterocycles. The molecule has 0 saturated carbocycles. The van der Waals surface area contributed by atoms with Crippen molar-refractivity contribution in [3.8, 4) is 11.3 Å². The second-order valence-corrected chi connectivity index (χ2v) is 4.53. The maximum Gasteiger partial charge on any atom is 0.255 e. The van der Waals surface area contributed by atoms with Crippen molar-refractivity contribution in [1.82, 2.24) is 9.88 Å². The van der Waals surface area contributed by atoms with Gasteiger partial charge in [-0.25, -0.2) is 0 Å². The Hall–Kier alpha value is -2.36. The quantitative estimate of drug-likeness (QED) is 0.868. The smallest absolute Gasteiger partial charge is 0.255 e. The number of amides is 1. The Bertz CT molecular complexity index is 572. The highest BCUT2D eigenvalue weighted by Crippen LogP contribution is 2.18. The van der Waals surface area contributed by atoms with E-state index in [1.165, 1.54) is 0 Å². The van der Waals surface area contributed by atoms with Crippen LogP contribution in [0.1, 0.15) is 24.2 Å². The number of rotatable bonds is 4. The highest BCUT2D eigenvalue weighted by atomic mass is 16.2. The van der Waals surface area contributed by atoms with Crippen molar-refractivity contribution in [3.63, 3.8) is 0 Å². The van der Waals surface area contributed by atoms with Crippen LogP contribution in [0.5, 0.6) is 0 Å². The number of aromatic nitrogens is 1. The third-order valence-corrected chi connectivity index (χ3v) is 3.27.